The van der Waals surface area contributed by atoms with Crippen LogP contribution in [-0.2, 0) is 9.59 Å². The number of phenols is 1. The minimum absolute atomic E-state index is 0.0580. The van der Waals surface area contributed by atoms with Gasteiger partial charge < -0.3 is 41.1 Å². The molecule has 4 aliphatic rings. The maximum absolute atomic E-state index is 14.3. The van der Waals surface area contributed by atoms with Crippen molar-refractivity contribution in [2.45, 2.75) is 69.2 Å². The van der Waals surface area contributed by atoms with E-state index in [4.69, 9.17) is 5.73 Å². The van der Waals surface area contributed by atoms with Crippen LogP contribution >= 0.6 is 0 Å². The van der Waals surface area contributed by atoms with E-state index in [9.17, 15) is 39.9 Å². The zero-order chi connectivity index (χ0) is 32.4. The minimum atomic E-state index is -2.93. The highest BCUT2D eigenvalue weighted by atomic mass is 16.4. The number of aromatic hydroxyl groups is 1. The van der Waals surface area contributed by atoms with Crippen molar-refractivity contribution in [2.75, 3.05) is 45.7 Å². The SMILES string of the molecule is CCCCN(c1ccc2c(c1O)C(=O)C1=C(O)[C@]3(O)C(=O)C(C(N)=O)=C(O)[C@@H](N(C)C)[C@@H]3[C@@H](O)[C@@H]1[C@H]2C)C1CCN(C)CC1. The molecular weight excluding hydrogens is 568 g/mol. The number of piperidine rings is 1. The molecule has 0 spiro atoms. The van der Waals surface area contributed by atoms with E-state index in [1.165, 1.54) is 19.0 Å². The summed E-state index contributed by atoms with van der Waals surface area (Å²) in [6.07, 6.45) is 1.96. The van der Waals surface area contributed by atoms with Crippen molar-refractivity contribution in [3.05, 3.63) is 45.9 Å². The second-order valence-corrected chi connectivity index (χ2v) is 13.0. The number of aliphatic hydroxyl groups is 4. The molecule has 1 aromatic rings. The molecule has 1 aliphatic heterocycles. The third-order valence-corrected chi connectivity index (χ3v) is 10.3. The van der Waals surface area contributed by atoms with Crippen molar-refractivity contribution < 1.29 is 39.9 Å². The number of carbonyl (C=O) groups is 3. The standard InChI is InChI=1S/C32H44N4O8/c1-6-7-12-36(16-10-13-35(5)14-11-16)18-9-8-17-15(2)19-21(26(38)20(17)25(18)37)29(41)32(44)23(27(19)39)24(34(3)4)28(40)22(30(32)42)31(33)43/h8-9,15-16,19,23-24,27,37,39-41,44H,6-7,10-14H2,1-5H3,(H2,33,43)/t15-,19+,23+,24-,27-,32-/m0/s1. The smallest absolute Gasteiger partial charge is 0.255 e. The van der Waals surface area contributed by atoms with Crippen LogP contribution in [0.1, 0.15) is 61.4 Å². The normalized spacial score (nSPS) is 31.2. The molecule has 44 heavy (non-hydrogen) atoms. The molecule has 0 radical (unpaired) electrons. The summed E-state index contributed by atoms with van der Waals surface area (Å²) in [7, 11) is 5.09. The number of rotatable bonds is 7. The number of fused-ring (bicyclic) bond motifs is 3. The average Bonchev–Trinajstić information content (AvgIpc) is 2.96. The molecule has 0 unspecified atom stereocenters. The van der Waals surface area contributed by atoms with E-state index in [1.807, 2.05) is 0 Å². The third-order valence-electron chi connectivity index (χ3n) is 10.3. The van der Waals surface area contributed by atoms with Gasteiger partial charge in [-0.1, -0.05) is 26.3 Å². The predicted molar refractivity (Wildman–Crippen MR) is 163 cm³/mol. The number of benzene rings is 1. The molecular formula is C32H44N4O8. The van der Waals surface area contributed by atoms with Crippen LogP contribution in [0.4, 0.5) is 5.69 Å². The summed E-state index contributed by atoms with van der Waals surface area (Å²) in [6, 6.07) is 2.41. The number of Topliss-reactive ketones (excluding diaryl/α,β-unsaturated/α-hetero) is 2. The fourth-order valence-electron chi connectivity index (χ4n) is 7.98. The molecule has 5 rings (SSSR count). The van der Waals surface area contributed by atoms with Gasteiger partial charge in [-0.3, -0.25) is 19.3 Å². The van der Waals surface area contributed by atoms with Gasteiger partial charge in [0.2, 0.25) is 5.78 Å². The van der Waals surface area contributed by atoms with Crippen molar-refractivity contribution >= 4 is 23.2 Å². The third kappa shape index (κ3) is 4.53. The van der Waals surface area contributed by atoms with Crippen molar-refractivity contribution in [1.82, 2.24) is 9.80 Å². The average molecular weight is 613 g/mol. The molecule has 240 valence electrons. The molecule has 1 heterocycles. The number of primary amides is 1. The first-order valence-corrected chi connectivity index (χ1v) is 15.3. The summed E-state index contributed by atoms with van der Waals surface area (Å²) in [5.74, 6) is -8.81. The molecule has 12 nitrogen and oxygen atoms in total. The number of hydrogen-bond acceptors (Lipinski definition) is 11. The summed E-state index contributed by atoms with van der Waals surface area (Å²) in [5.41, 5.74) is 2.06. The maximum atomic E-state index is 14.3. The van der Waals surface area contributed by atoms with Crippen LogP contribution < -0.4 is 10.6 Å². The number of nitrogens with zero attached hydrogens (tertiary/aromatic N) is 3. The zero-order valence-corrected chi connectivity index (χ0v) is 25.9. The number of carbonyl (C=O) groups excluding carboxylic acids is 3. The van der Waals surface area contributed by atoms with E-state index in [0.29, 0.717) is 17.8 Å². The zero-order valence-electron chi connectivity index (χ0n) is 25.9. The van der Waals surface area contributed by atoms with E-state index in [2.05, 4.69) is 23.8 Å². The van der Waals surface area contributed by atoms with E-state index >= 15 is 0 Å². The number of aliphatic hydroxyl groups excluding tert-OH is 3. The number of hydrogen-bond donors (Lipinski definition) is 6. The first-order chi connectivity index (χ1) is 20.7. The van der Waals surface area contributed by atoms with Gasteiger partial charge in [-0.15, -0.1) is 0 Å². The van der Waals surface area contributed by atoms with Crippen molar-refractivity contribution in [2.24, 2.45) is 17.6 Å². The van der Waals surface area contributed by atoms with E-state index in [-0.39, 0.29) is 17.4 Å². The molecule has 1 aromatic carbocycles. The Bertz CT molecular complexity index is 1450. The number of amides is 1. The van der Waals surface area contributed by atoms with Gasteiger partial charge in [0.1, 0.15) is 22.8 Å². The Morgan fingerprint density at radius 2 is 1.77 bits per heavy atom. The number of phenolic OH excluding ortho intramolecular Hbond substituents is 1. The van der Waals surface area contributed by atoms with Crippen molar-refractivity contribution in [3.8, 4) is 5.75 Å². The highest BCUT2D eigenvalue weighted by Gasteiger charge is 2.67. The molecule has 6 atom stereocenters. The van der Waals surface area contributed by atoms with Crippen molar-refractivity contribution in [3.63, 3.8) is 0 Å². The van der Waals surface area contributed by atoms with Crippen LogP contribution in [0.2, 0.25) is 0 Å². The second-order valence-electron chi connectivity index (χ2n) is 13.0. The monoisotopic (exact) mass is 612 g/mol. The number of nitrogens with two attached hydrogens (primary N) is 1. The van der Waals surface area contributed by atoms with Crippen LogP contribution in [0, 0.1) is 11.8 Å². The molecule has 1 amide bonds. The van der Waals surface area contributed by atoms with Gasteiger partial charge in [-0.25, -0.2) is 0 Å². The first kappa shape index (κ1) is 32.0. The van der Waals surface area contributed by atoms with E-state index in [0.717, 1.165) is 38.8 Å². The van der Waals surface area contributed by atoms with Gasteiger partial charge in [0.25, 0.3) is 5.91 Å². The Morgan fingerprint density at radius 1 is 1.14 bits per heavy atom. The lowest BCUT2D eigenvalue weighted by atomic mass is 9.55. The highest BCUT2D eigenvalue weighted by Crippen LogP contribution is 2.56. The lowest BCUT2D eigenvalue weighted by molar-refractivity contribution is -0.162. The molecule has 1 saturated heterocycles. The van der Waals surface area contributed by atoms with Gasteiger partial charge >= 0.3 is 0 Å². The summed E-state index contributed by atoms with van der Waals surface area (Å²) >= 11 is 0. The predicted octanol–water partition coefficient (Wildman–Crippen LogP) is 1.35. The Balaban J connectivity index is 1.68. The molecule has 0 bridgehead atoms. The number of ketones is 2. The Labute approximate surface area is 257 Å². The molecule has 0 aromatic heterocycles. The van der Waals surface area contributed by atoms with Gasteiger partial charge in [-0.2, -0.15) is 0 Å². The fraction of sp³-hybridized carbons (Fsp3) is 0.594. The largest absolute Gasteiger partial charge is 0.510 e. The summed E-state index contributed by atoms with van der Waals surface area (Å²) < 4.78 is 0. The Morgan fingerprint density at radius 3 is 2.34 bits per heavy atom. The van der Waals surface area contributed by atoms with Crippen LogP contribution in [0.25, 0.3) is 0 Å². The minimum Gasteiger partial charge on any atom is -0.510 e. The fourth-order valence-corrected chi connectivity index (χ4v) is 7.98. The molecule has 1 fully saturated rings. The Hall–Kier alpha value is -3.45. The van der Waals surface area contributed by atoms with Crippen molar-refractivity contribution in [1.29, 1.82) is 0 Å². The maximum Gasteiger partial charge on any atom is 0.255 e. The van der Waals surface area contributed by atoms with Crippen LogP contribution in [0.15, 0.2) is 34.8 Å². The highest BCUT2D eigenvalue weighted by molar-refractivity contribution is 6.25. The quantitative estimate of drug-likeness (QED) is 0.244. The number of likely N-dealkylation sites (tertiary alicyclic amines) is 1. The van der Waals surface area contributed by atoms with Crippen LogP contribution in [0.3, 0.4) is 0 Å². The summed E-state index contributed by atoms with van der Waals surface area (Å²) in [5, 5.41) is 58.1. The Kier molecular flexibility index (Phi) is 8.34. The lowest BCUT2D eigenvalue weighted by Crippen LogP contribution is -2.68. The van der Waals surface area contributed by atoms with Gasteiger partial charge in [0, 0.05) is 24.1 Å². The number of unbranched alkanes of at least 4 members (excludes halogenated alkanes) is 1. The summed E-state index contributed by atoms with van der Waals surface area (Å²) in [4.78, 5) is 46.0. The van der Waals surface area contributed by atoms with E-state index < -0.39 is 75.6 Å². The van der Waals surface area contributed by atoms with Crippen LogP contribution in [-0.4, -0.2) is 117 Å². The molecule has 7 N–H and O–H groups in total. The summed E-state index contributed by atoms with van der Waals surface area (Å²) in [6.45, 7) is 6.28. The van der Waals surface area contributed by atoms with Gasteiger partial charge in [-0.05, 0) is 71.0 Å². The topological polar surface area (TPSA) is 188 Å². The van der Waals surface area contributed by atoms with Gasteiger partial charge in [0.15, 0.2) is 11.4 Å². The number of likely N-dealkylation sites (N-methyl/N-ethyl adjacent to an activating group) is 1. The van der Waals surface area contributed by atoms with Gasteiger partial charge in [0.05, 0.1) is 29.3 Å². The van der Waals surface area contributed by atoms with E-state index in [1.54, 1.807) is 19.1 Å². The second kappa shape index (κ2) is 11.5. The number of anilines is 1. The molecule has 12 heteroatoms. The van der Waals surface area contributed by atoms with Crippen LogP contribution in [0.5, 0.6) is 5.75 Å². The first-order valence-electron chi connectivity index (χ1n) is 15.3. The molecule has 0 saturated carbocycles. The lowest BCUT2D eigenvalue weighted by Gasteiger charge is -2.53. The molecule has 3 aliphatic carbocycles.